The number of thioether (sulfide) groups is 1. The monoisotopic (exact) mass is 266 g/mol. The lowest BCUT2D eigenvalue weighted by Crippen LogP contribution is -2.33. The average molecular weight is 266 g/mol. The van der Waals surface area contributed by atoms with Gasteiger partial charge in [0.2, 0.25) is 5.91 Å². The zero-order valence-corrected chi connectivity index (χ0v) is 12.1. The van der Waals surface area contributed by atoms with E-state index < -0.39 is 0 Å². The Morgan fingerprint density at radius 3 is 2.83 bits per heavy atom. The van der Waals surface area contributed by atoms with E-state index in [2.05, 4.69) is 12.2 Å². The van der Waals surface area contributed by atoms with Gasteiger partial charge in [0.25, 0.3) is 0 Å². The summed E-state index contributed by atoms with van der Waals surface area (Å²) in [5.74, 6) is 0.552. The number of carbonyl (C=O) groups is 1. The Hall–Kier alpha value is -1.16. The minimum atomic E-state index is 0.0946. The van der Waals surface area contributed by atoms with Crippen LogP contribution in [0.3, 0.4) is 0 Å². The van der Waals surface area contributed by atoms with Gasteiger partial charge in [-0.25, -0.2) is 0 Å². The van der Waals surface area contributed by atoms with E-state index in [9.17, 15) is 4.79 Å². The maximum Gasteiger partial charge on any atom is 0.230 e. The minimum Gasteiger partial charge on any atom is -0.399 e. The second-order valence-electron chi connectivity index (χ2n) is 4.57. The third-order valence-electron chi connectivity index (χ3n) is 2.69. The molecule has 0 spiro atoms. The molecule has 0 aliphatic heterocycles. The van der Waals surface area contributed by atoms with Crippen LogP contribution in [0.25, 0.3) is 0 Å². The molecule has 0 aromatic heterocycles. The first-order valence-electron chi connectivity index (χ1n) is 6.31. The smallest absolute Gasteiger partial charge is 0.230 e. The summed E-state index contributed by atoms with van der Waals surface area (Å²) >= 11 is 1.56. The number of nitrogen functional groups attached to an aromatic ring is 1. The van der Waals surface area contributed by atoms with Gasteiger partial charge in [0, 0.05) is 16.6 Å². The highest BCUT2D eigenvalue weighted by Gasteiger charge is 2.08. The van der Waals surface area contributed by atoms with E-state index in [0.717, 1.165) is 29.0 Å². The number of carbonyl (C=O) groups excluding carboxylic acids is 1. The van der Waals surface area contributed by atoms with Crippen LogP contribution in [0.2, 0.25) is 0 Å². The van der Waals surface area contributed by atoms with Gasteiger partial charge in [0.15, 0.2) is 0 Å². The van der Waals surface area contributed by atoms with Crippen molar-refractivity contribution in [1.82, 2.24) is 5.32 Å². The molecule has 1 amide bonds. The van der Waals surface area contributed by atoms with Crippen molar-refractivity contribution in [2.24, 2.45) is 0 Å². The van der Waals surface area contributed by atoms with E-state index in [0.29, 0.717) is 5.75 Å². The van der Waals surface area contributed by atoms with E-state index in [4.69, 9.17) is 5.73 Å². The summed E-state index contributed by atoms with van der Waals surface area (Å²) in [4.78, 5) is 12.8. The maximum absolute atomic E-state index is 11.7. The first-order valence-corrected chi connectivity index (χ1v) is 7.29. The molecule has 1 aromatic rings. The predicted molar refractivity (Wildman–Crippen MR) is 78.8 cm³/mol. The zero-order chi connectivity index (χ0) is 13.5. The van der Waals surface area contributed by atoms with Gasteiger partial charge >= 0.3 is 0 Å². The highest BCUT2D eigenvalue weighted by Crippen LogP contribution is 2.23. The van der Waals surface area contributed by atoms with E-state index in [1.54, 1.807) is 11.8 Å². The molecule has 0 fully saturated rings. The third-order valence-corrected chi connectivity index (χ3v) is 3.86. The Balaban J connectivity index is 2.42. The first-order chi connectivity index (χ1) is 8.52. The second-order valence-corrected chi connectivity index (χ2v) is 5.59. The fraction of sp³-hybridized carbons (Fsp3) is 0.500. The van der Waals surface area contributed by atoms with Crippen molar-refractivity contribution in [2.45, 2.75) is 44.6 Å². The topological polar surface area (TPSA) is 55.1 Å². The number of benzene rings is 1. The van der Waals surface area contributed by atoms with Gasteiger partial charge < -0.3 is 11.1 Å². The minimum absolute atomic E-state index is 0.0946. The first kappa shape index (κ1) is 14.9. The Kier molecular flexibility index (Phi) is 6.05. The highest BCUT2D eigenvalue weighted by molar-refractivity contribution is 8.00. The Morgan fingerprint density at radius 1 is 1.50 bits per heavy atom. The Morgan fingerprint density at radius 2 is 2.22 bits per heavy atom. The molecule has 0 bridgehead atoms. The second kappa shape index (κ2) is 7.31. The van der Waals surface area contributed by atoms with Crippen molar-refractivity contribution in [3.05, 3.63) is 23.8 Å². The van der Waals surface area contributed by atoms with Crippen molar-refractivity contribution >= 4 is 23.4 Å². The van der Waals surface area contributed by atoms with E-state index in [1.165, 1.54) is 0 Å². The zero-order valence-electron chi connectivity index (χ0n) is 11.3. The standard InChI is InChI=1S/C14H22N2OS/c1-4-5-11(3)16-14(17)9-18-13-7-6-12(15)8-10(13)2/h6-8,11H,4-5,9,15H2,1-3H3,(H,16,17). The van der Waals surface area contributed by atoms with Crippen molar-refractivity contribution in [3.8, 4) is 0 Å². The molecule has 3 N–H and O–H groups in total. The molecule has 0 heterocycles. The molecule has 1 rings (SSSR count). The summed E-state index contributed by atoms with van der Waals surface area (Å²) in [5.41, 5.74) is 7.58. The lowest BCUT2D eigenvalue weighted by Gasteiger charge is -2.13. The number of nitrogens with one attached hydrogen (secondary N) is 1. The number of anilines is 1. The van der Waals surface area contributed by atoms with E-state index in [1.807, 2.05) is 32.0 Å². The van der Waals surface area contributed by atoms with Crippen LogP contribution < -0.4 is 11.1 Å². The lowest BCUT2D eigenvalue weighted by molar-refractivity contribution is -0.119. The fourth-order valence-electron chi connectivity index (χ4n) is 1.80. The summed E-state index contributed by atoms with van der Waals surface area (Å²) in [6, 6.07) is 6.03. The van der Waals surface area contributed by atoms with Crippen LogP contribution in [0.5, 0.6) is 0 Å². The number of rotatable bonds is 6. The number of nitrogens with two attached hydrogens (primary N) is 1. The molecule has 0 aliphatic rings. The molecule has 1 unspecified atom stereocenters. The SMILES string of the molecule is CCCC(C)NC(=O)CSc1ccc(N)cc1C. The number of hydrogen-bond acceptors (Lipinski definition) is 3. The van der Waals surface area contributed by atoms with Gasteiger partial charge in [-0.15, -0.1) is 11.8 Å². The van der Waals surface area contributed by atoms with Crippen LogP contribution in [0.1, 0.15) is 32.3 Å². The Labute approximate surface area is 114 Å². The van der Waals surface area contributed by atoms with Crippen LogP contribution in [-0.2, 0) is 4.79 Å². The molecule has 0 aliphatic carbocycles. The van der Waals surface area contributed by atoms with Gasteiger partial charge in [-0.3, -0.25) is 4.79 Å². The largest absolute Gasteiger partial charge is 0.399 e. The third kappa shape index (κ3) is 5.00. The van der Waals surface area contributed by atoms with Crippen molar-refractivity contribution in [3.63, 3.8) is 0 Å². The maximum atomic E-state index is 11.7. The molecular weight excluding hydrogens is 244 g/mol. The molecule has 1 aromatic carbocycles. The molecule has 0 saturated carbocycles. The molecule has 0 radical (unpaired) electrons. The molecular formula is C14H22N2OS. The summed E-state index contributed by atoms with van der Waals surface area (Å²) in [5, 5.41) is 3.00. The summed E-state index contributed by atoms with van der Waals surface area (Å²) in [6.07, 6.45) is 2.11. The predicted octanol–water partition coefficient (Wildman–Crippen LogP) is 2.97. The molecule has 0 saturated heterocycles. The van der Waals surface area contributed by atoms with Crippen LogP contribution in [0.15, 0.2) is 23.1 Å². The molecule has 3 nitrogen and oxygen atoms in total. The molecule has 18 heavy (non-hydrogen) atoms. The number of hydrogen-bond donors (Lipinski definition) is 2. The highest BCUT2D eigenvalue weighted by atomic mass is 32.2. The quantitative estimate of drug-likeness (QED) is 0.615. The van der Waals surface area contributed by atoms with Crippen LogP contribution in [0.4, 0.5) is 5.69 Å². The van der Waals surface area contributed by atoms with Gasteiger partial charge in [-0.1, -0.05) is 13.3 Å². The Bertz CT molecular complexity index is 407. The summed E-state index contributed by atoms with van der Waals surface area (Å²) < 4.78 is 0. The molecule has 1 atom stereocenters. The normalized spacial score (nSPS) is 12.2. The molecule has 100 valence electrons. The van der Waals surface area contributed by atoms with E-state index in [-0.39, 0.29) is 11.9 Å². The van der Waals surface area contributed by atoms with Gasteiger partial charge in [-0.2, -0.15) is 0 Å². The van der Waals surface area contributed by atoms with Gasteiger partial charge in [-0.05, 0) is 44.0 Å². The molecule has 4 heteroatoms. The fourth-order valence-corrected chi connectivity index (χ4v) is 2.62. The summed E-state index contributed by atoms with van der Waals surface area (Å²) in [7, 11) is 0. The van der Waals surface area contributed by atoms with Crippen LogP contribution >= 0.6 is 11.8 Å². The van der Waals surface area contributed by atoms with Crippen molar-refractivity contribution in [1.29, 1.82) is 0 Å². The van der Waals surface area contributed by atoms with Crippen LogP contribution in [0, 0.1) is 6.92 Å². The van der Waals surface area contributed by atoms with Crippen LogP contribution in [-0.4, -0.2) is 17.7 Å². The number of amides is 1. The average Bonchev–Trinajstić information content (AvgIpc) is 2.28. The van der Waals surface area contributed by atoms with E-state index >= 15 is 0 Å². The van der Waals surface area contributed by atoms with Gasteiger partial charge in [0.1, 0.15) is 0 Å². The number of aryl methyl sites for hydroxylation is 1. The van der Waals surface area contributed by atoms with Crippen molar-refractivity contribution in [2.75, 3.05) is 11.5 Å². The summed E-state index contributed by atoms with van der Waals surface area (Å²) in [6.45, 7) is 6.17. The van der Waals surface area contributed by atoms with Crippen molar-refractivity contribution < 1.29 is 4.79 Å². The van der Waals surface area contributed by atoms with Gasteiger partial charge in [0.05, 0.1) is 5.75 Å². The lowest BCUT2D eigenvalue weighted by atomic mass is 10.2.